The van der Waals surface area contributed by atoms with Crippen molar-refractivity contribution in [2.75, 3.05) is 5.32 Å². The minimum atomic E-state index is -0.457. The highest BCUT2D eigenvalue weighted by molar-refractivity contribution is 6.31. The molecule has 0 saturated heterocycles. The van der Waals surface area contributed by atoms with Gasteiger partial charge in [-0.15, -0.1) is 0 Å². The van der Waals surface area contributed by atoms with E-state index in [0.717, 1.165) is 0 Å². The van der Waals surface area contributed by atoms with E-state index in [4.69, 9.17) is 11.6 Å². The molecule has 2 heterocycles. The van der Waals surface area contributed by atoms with E-state index in [-0.39, 0.29) is 17.1 Å². The summed E-state index contributed by atoms with van der Waals surface area (Å²) in [6, 6.07) is 6.11. The molecule has 0 fully saturated rings. The number of halogens is 1. The minimum absolute atomic E-state index is 0.0688. The summed E-state index contributed by atoms with van der Waals surface area (Å²) >= 11 is 5.83. The first-order valence-electron chi connectivity index (χ1n) is 5.73. The summed E-state index contributed by atoms with van der Waals surface area (Å²) < 4.78 is 0. The highest BCUT2D eigenvalue weighted by atomic mass is 35.5. The van der Waals surface area contributed by atoms with Gasteiger partial charge in [0.1, 0.15) is 5.75 Å². The number of amides is 1. The zero-order valence-corrected chi connectivity index (χ0v) is 10.8. The Labute approximate surface area is 118 Å². The number of nitrogens with one attached hydrogen (secondary N) is 2. The van der Waals surface area contributed by atoms with Crippen LogP contribution in [0.4, 0.5) is 5.69 Å². The number of rotatable bonds is 2. The number of hydrogen-bond donors (Lipinski definition) is 3. The van der Waals surface area contributed by atoms with E-state index in [0.29, 0.717) is 15.9 Å². The number of H-pyrrole nitrogens is 1. The van der Waals surface area contributed by atoms with Gasteiger partial charge in [-0.3, -0.25) is 14.9 Å². The van der Waals surface area contributed by atoms with Gasteiger partial charge < -0.3 is 10.4 Å². The van der Waals surface area contributed by atoms with Gasteiger partial charge in [0.2, 0.25) is 0 Å². The van der Waals surface area contributed by atoms with Gasteiger partial charge in [0, 0.05) is 17.4 Å². The molecule has 7 heteroatoms. The van der Waals surface area contributed by atoms with E-state index in [1.807, 2.05) is 0 Å². The van der Waals surface area contributed by atoms with Crippen LogP contribution < -0.4 is 5.32 Å². The van der Waals surface area contributed by atoms with Crippen LogP contribution in [0.25, 0.3) is 10.9 Å². The summed E-state index contributed by atoms with van der Waals surface area (Å²) in [6.07, 6.45) is 3.15. The van der Waals surface area contributed by atoms with Gasteiger partial charge in [0.05, 0.1) is 16.6 Å². The number of anilines is 1. The average Bonchev–Trinajstić information content (AvgIpc) is 2.87. The number of pyridine rings is 1. The Morgan fingerprint density at radius 2 is 2.20 bits per heavy atom. The molecule has 1 aromatic carbocycles. The number of aromatic amines is 1. The van der Waals surface area contributed by atoms with Gasteiger partial charge in [-0.05, 0) is 24.3 Å². The second-order valence-electron chi connectivity index (χ2n) is 4.11. The molecule has 20 heavy (non-hydrogen) atoms. The van der Waals surface area contributed by atoms with Crippen molar-refractivity contribution >= 4 is 34.1 Å². The van der Waals surface area contributed by atoms with Crippen molar-refractivity contribution in [3.05, 3.63) is 47.4 Å². The number of hydrogen-bond acceptors (Lipinski definition) is 4. The summed E-state index contributed by atoms with van der Waals surface area (Å²) in [7, 11) is 0. The molecule has 6 nitrogen and oxygen atoms in total. The number of nitrogens with zero attached hydrogens (tertiary/aromatic N) is 2. The summed E-state index contributed by atoms with van der Waals surface area (Å²) in [4.78, 5) is 16.1. The fourth-order valence-electron chi connectivity index (χ4n) is 1.82. The van der Waals surface area contributed by atoms with Crippen LogP contribution in [0.15, 0.2) is 36.7 Å². The van der Waals surface area contributed by atoms with Crippen molar-refractivity contribution in [1.82, 2.24) is 15.2 Å². The van der Waals surface area contributed by atoms with Crippen molar-refractivity contribution in [3.63, 3.8) is 0 Å². The maximum atomic E-state index is 12.2. The Bertz CT molecular complexity index is 800. The molecule has 0 aliphatic carbocycles. The Kier molecular flexibility index (Phi) is 3.00. The second-order valence-corrected chi connectivity index (χ2v) is 4.55. The van der Waals surface area contributed by atoms with E-state index in [2.05, 4.69) is 20.5 Å². The van der Waals surface area contributed by atoms with E-state index in [1.165, 1.54) is 18.2 Å². The molecule has 0 radical (unpaired) electrons. The molecule has 0 aliphatic rings. The number of carbonyl (C=O) groups excluding carboxylic acids is 1. The summed E-state index contributed by atoms with van der Waals surface area (Å²) in [5.41, 5.74) is 1.13. The van der Waals surface area contributed by atoms with Gasteiger partial charge in [-0.1, -0.05) is 11.6 Å². The highest BCUT2D eigenvalue weighted by Crippen LogP contribution is 2.27. The Hall–Kier alpha value is -2.60. The van der Waals surface area contributed by atoms with Crippen LogP contribution in [0.2, 0.25) is 5.02 Å². The van der Waals surface area contributed by atoms with Crippen LogP contribution in [-0.4, -0.2) is 26.2 Å². The smallest absolute Gasteiger partial charge is 0.276 e. The zero-order chi connectivity index (χ0) is 14.1. The number of phenols is 1. The first-order chi connectivity index (χ1) is 9.65. The number of phenolic OH excluding ortho intramolecular Hbond substituents is 1. The van der Waals surface area contributed by atoms with Gasteiger partial charge >= 0.3 is 0 Å². The van der Waals surface area contributed by atoms with Crippen molar-refractivity contribution < 1.29 is 9.90 Å². The van der Waals surface area contributed by atoms with Gasteiger partial charge in [0.25, 0.3) is 5.91 Å². The third-order valence-corrected chi connectivity index (χ3v) is 3.02. The van der Waals surface area contributed by atoms with Crippen molar-refractivity contribution in [3.8, 4) is 5.75 Å². The van der Waals surface area contributed by atoms with E-state index >= 15 is 0 Å². The standard InChI is InChI=1S/C13H9ClN4O2/c14-7-1-2-11(19)10(5-7)16-13(20)12-8-6-15-4-3-9(8)17-18-12/h1-6,19H,(H,16,20)(H,17,18). The molecule has 3 N–H and O–H groups in total. The molecule has 0 aliphatic heterocycles. The Morgan fingerprint density at radius 3 is 3.05 bits per heavy atom. The molecule has 100 valence electrons. The third-order valence-electron chi connectivity index (χ3n) is 2.79. The first kappa shape index (κ1) is 12.4. The number of fused-ring (bicyclic) bond motifs is 1. The van der Waals surface area contributed by atoms with Crippen LogP contribution in [0.3, 0.4) is 0 Å². The Balaban J connectivity index is 1.95. The molecule has 3 aromatic rings. The maximum Gasteiger partial charge on any atom is 0.276 e. The van der Waals surface area contributed by atoms with Crippen LogP contribution in [-0.2, 0) is 0 Å². The average molecular weight is 289 g/mol. The lowest BCUT2D eigenvalue weighted by Gasteiger charge is -2.06. The number of benzene rings is 1. The predicted octanol–water partition coefficient (Wildman–Crippen LogP) is 2.57. The predicted molar refractivity (Wildman–Crippen MR) is 75.0 cm³/mol. The molecule has 2 aromatic heterocycles. The summed E-state index contributed by atoms with van der Waals surface area (Å²) in [5.74, 6) is -0.525. The van der Waals surface area contributed by atoms with Crippen molar-refractivity contribution in [2.45, 2.75) is 0 Å². The quantitative estimate of drug-likeness (QED) is 0.632. The third kappa shape index (κ3) is 2.17. The minimum Gasteiger partial charge on any atom is -0.506 e. The zero-order valence-electron chi connectivity index (χ0n) is 10.1. The monoisotopic (exact) mass is 288 g/mol. The fraction of sp³-hybridized carbons (Fsp3) is 0. The van der Waals surface area contributed by atoms with Gasteiger partial charge in [-0.2, -0.15) is 5.10 Å². The molecule has 0 bridgehead atoms. The molecule has 0 spiro atoms. The number of aromatic hydroxyl groups is 1. The van der Waals surface area contributed by atoms with E-state index < -0.39 is 5.91 Å². The van der Waals surface area contributed by atoms with Crippen LogP contribution in [0, 0.1) is 0 Å². The topological polar surface area (TPSA) is 90.9 Å². The van der Waals surface area contributed by atoms with Crippen molar-refractivity contribution in [2.24, 2.45) is 0 Å². The molecule has 3 rings (SSSR count). The lowest BCUT2D eigenvalue weighted by Crippen LogP contribution is -2.13. The lowest BCUT2D eigenvalue weighted by molar-refractivity contribution is 0.102. The molecular weight excluding hydrogens is 280 g/mol. The fourth-order valence-corrected chi connectivity index (χ4v) is 1.99. The lowest BCUT2D eigenvalue weighted by atomic mass is 10.2. The van der Waals surface area contributed by atoms with Gasteiger partial charge in [0.15, 0.2) is 5.69 Å². The molecule has 1 amide bonds. The van der Waals surface area contributed by atoms with Crippen LogP contribution in [0.1, 0.15) is 10.5 Å². The van der Waals surface area contributed by atoms with Crippen molar-refractivity contribution in [1.29, 1.82) is 0 Å². The second kappa shape index (κ2) is 4.82. The van der Waals surface area contributed by atoms with Gasteiger partial charge in [-0.25, -0.2) is 0 Å². The summed E-state index contributed by atoms with van der Waals surface area (Å²) in [5, 5.41) is 19.9. The normalized spacial score (nSPS) is 10.7. The summed E-state index contributed by atoms with van der Waals surface area (Å²) in [6.45, 7) is 0. The largest absolute Gasteiger partial charge is 0.506 e. The molecule has 0 unspecified atom stereocenters. The Morgan fingerprint density at radius 1 is 1.35 bits per heavy atom. The molecule has 0 atom stereocenters. The SMILES string of the molecule is O=C(Nc1cc(Cl)ccc1O)c1n[nH]c2ccncc12. The number of carbonyl (C=O) groups is 1. The van der Waals surface area contributed by atoms with Crippen LogP contribution in [0.5, 0.6) is 5.75 Å². The van der Waals surface area contributed by atoms with E-state index in [1.54, 1.807) is 18.5 Å². The first-order valence-corrected chi connectivity index (χ1v) is 6.11. The molecule has 0 saturated carbocycles. The maximum absolute atomic E-state index is 12.2. The highest BCUT2D eigenvalue weighted by Gasteiger charge is 2.15. The van der Waals surface area contributed by atoms with Crippen LogP contribution >= 0.6 is 11.6 Å². The number of aromatic nitrogens is 3. The van der Waals surface area contributed by atoms with E-state index in [9.17, 15) is 9.90 Å². The molecular formula is C13H9ClN4O2.